The molecule has 0 saturated heterocycles. The molecule has 0 amide bonds. The van der Waals surface area contributed by atoms with Gasteiger partial charge in [-0.05, 0) is 30.7 Å². The molecule has 0 spiro atoms. The molecule has 0 aliphatic heterocycles. The standard InChI is InChI=1S/C28H24F5N3O3/c1-16-24(18-10-6-13-23(38-2)25(18)30)26(37)35-27(39-15-22(34)17-8-4-3-5-9-17)36(16)14-19-20(28(31,32)33)11-7-12-21(19)29/h3-13,22H,14-15,34H2,1-2H3/t22-/m0/s1. The predicted molar refractivity (Wildman–Crippen MR) is 135 cm³/mol. The lowest BCUT2D eigenvalue weighted by atomic mass is 10.0. The number of ether oxygens (including phenoxy) is 2. The Balaban J connectivity index is 1.87. The maximum atomic E-state index is 15.1. The molecule has 0 aliphatic carbocycles. The third kappa shape index (κ3) is 5.78. The van der Waals surface area contributed by atoms with Crippen molar-refractivity contribution in [1.29, 1.82) is 0 Å². The molecule has 0 unspecified atom stereocenters. The zero-order valence-electron chi connectivity index (χ0n) is 20.9. The minimum atomic E-state index is -4.86. The van der Waals surface area contributed by atoms with E-state index in [-0.39, 0.29) is 29.2 Å². The number of nitrogens with two attached hydrogens (primary N) is 1. The van der Waals surface area contributed by atoms with E-state index in [1.165, 1.54) is 32.2 Å². The van der Waals surface area contributed by atoms with Crippen molar-refractivity contribution in [2.24, 2.45) is 5.73 Å². The van der Waals surface area contributed by atoms with Crippen molar-refractivity contribution in [2.75, 3.05) is 13.7 Å². The first-order chi connectivity index (χ1) is 18.5. The Bertz CT molecular complexity index is 1540. The molecule has 4 aromatic rings. The molecule has 39 heavy (non-hydrogen) atoms. The van der Waals surface area contributed by atoms with Gasteiger partial charge in [-0.15, -0.1) is 0 Å². The number of halogens is 5. The lowest BCUT2D eigenvalue weighted by Crippen LogP contribution is -2.26. The highest BCUT2D eigenvalue weighted by Gasteiger charge is 2.35. The van der Waals surface area contributed by atoms with E-state index in [1.807, 2.05) is 0 Å². The first-order valence-corrected chi connectivity index (χ1v) is 11.7. The first kappa shape index (κ1) is 27.8. The van der Waals surface area contributed by atoms with E-state index in [2.05, 4.69) is 4.98 Å². The summed E-state index contributed by atoms with van der Waals surface area (Å²) in [6.45, 7) is 0.469. The monoisotopic (exact) mass is 545 g/mol. The van der Waals surface area contributed by atoms with Crippen LogP contribution in [0.4, 0.5) is 22.0 Å². The van der Waals surface area contributed by atoms with Gasteiger partial charge in [0.05, 0.1) is 30.8 Å². The zero-order chi connectivity index (χ0) is 28.3. The van der Waals surface area contributed by atoms with Crippen LogP contribution in [0.1, 0.15) is 28.4 Å². The number of alkyl halides is 3. The lowest BCUT2D eigenvalue weighted by Gasteiger charge is -2.22. The van der Waals surface area contributed by atoms with E-state index in [4.69, 9.17) is 15.2 Å². The first-order valence-electron chi connectivity index (χ1n) is 11.7. The van der Waals surface area contributed by atoms with Crippen LogP contribution >= 0.6 is 0 Å². The summed E-state index contributed by atoms with van der Waals surface area (Å²) >= 11 is 0. The molecule has 0 radical (unpaired) electrons. The number of hydrogen-bond acceptors (Lipinski definition) is 5. The predicted octanol–water partition coefficient (Wildman–Crippen LogP) is 5.65. The maximum absolute atomic E-state index is 15.1. The van der Waals surface area contributed by atoms with Crippen molar-refractivity contribution in [3.8, 4) is 22.9 Å². The van der Waals surface area contributed by atoms with Crippen LogP contribution in [-0.2, 0) is 12.7 Å². The van der Waals surface area contributed by atoms with Gasteiger partial charge in [0.15, 0.2) is 11.6 Å². The fraction of sp³-hybridized carbons (Fsp3) is 0.214. The minimum absolute atomic E-state index is 0.00168. The smallest absolute Gasteiger partial charge is 0.416 e. The van der Waals surface area contributed by atoms with Crippen LogP contribution in [0.5, 0.6) is 11.8 Å². The number of methoxy groups -OCH3 is 1. The van der Waals surface area contributed by atoms with Gasteiger partial charge >= 0.3 is 6.18 Å². The normalized spacial score (nSPS) is 12.3. The van der Waals surface area contributed by atoms with Gasteiger partial charge in [-0.2, -0.15) is 18.2 Å². The van der Waals surface area contributed by atoms with Crippen molar-refractivity contribution >= 4 is 0 Å². The fourth-order valence-electron chi connectivity index (χ4n) is 4.21. The summed E-state index contributed by atoms with van der Waals surface area (Å²) in [4.78, 5) is 17.0. The quantitative estimate of drug-likeness (QED) is 0.290. The summed E-state index contributed by atoms with van der Waals surface area (Å²) in [5.74, 6) is -2.14. The topological polar surface area (TPSA) is 79.4 Å². The molecule has 3 aromatic carbocycles. The van der Waals surface area contributed by atoms with E-state index >= 15 is 4.39 Å². The van der Waals surface area contributed by atoms with Crippen LogP contribution < -0.4 is 20.8 Å². The summed E-state index contributed by atoms with van der Waals surface area (Å²) in [7, 11) is 1.25. The third-order valence-corrected chi connectivity index (χ3v) is 6.22. The minimum Gasteiger partial charge on any atom is -0.494 e. The van der Waals surface area contributed by atoms with E-state index < -0.39 is 53.1 Å². The Hall–Kier alpha value is -4.25. The third-order valence-electron chi connectivity index (χ3n) is 6.22. The Kier molecular flexibility index (Phi) is 8.01. The van der Waals surface area contributed by atoms with Crippen LogP contribution in [0.15, 0.2) is 71.5 Å². The molecule has 0 bridgehead atoms. The Morgan fingerprint density at radius 2 is 1.69 bits per heavy atom. The highest BCUT2D eigenvalue weighted by atomic mass is 19.4. The molecule has 4 rings (SSSR count). The molecule has 6 nitrogen and oxygen atoms in total. The lowest BCUT2D eigenvalue weighted by molar-refractivity contribution is -0.138. The van der Waals surface area contributed by atoms with Crippen LogP contribution in [0, 0.1) is 18.6 Å². The van der Waals surface area contributed by atoms with E-state index in [0.29, 0.717) is 5.56 Å². The average molecular weight is 546 g/mol. The molecule has 1 heterocycles. The summed E-state index contributed by atoms with van der Waals surface area (Å²) in [5.41, 5.74) is 3.66. The summed E-state index contributed by atoms with van der Waals surface area (Å²) < 4.78 is 83.1. The van der Waals surface area contributed by atoms with Crippen molar-refractivity contribution in [1.82, 2.24) is 9.55 Å². The Morgan fingerprint density at radius 1 is 1.00 bits per heavy atom. The van der Waals surface area contributed by atoms with E-state index in [0.717, 1.165) is 22.8 Å². The SMILES string of the molecule is COc1cccc(-c2c(C)n(Cc3c(F)cccc3C(F)(F)F)c(OC[C@H](N)c3ccccc3)nc2=O)c1F. The van der Waals surface area contributed by atoms with E-state index in [9.17, 15) is 22.4 Å². The maximum Gasteiger partial charge on any atom is 0.416 e. The summed E-state index contributed by atoms with van der Waals surface area (Å²) in [6, 6.07) is 14.5. The molecular formula is C28H24F5N3O3. The Morgan fingerprint density at radius 3 is 2.36 bits per heavy atom. The Labute approximate surface area is 220 Å². The number of nitrogens with zero attached hydrogens (tertiary/aromatic N) is 2. The highest BCUT2D eigenvalue weighted by Crippen LogP contribution is 2.35. The average Bonchev–Trinajstić information content (AvgIpc) is 2.90. The second-order valence-electron chi connectivity index (χ2n) is 8.66. The molecule has 1 atom stereocenters. The molecular weight excluding hydrogens is 521 g/mol. The number of aromatic nitrogens is 2. The van der Waals surface area contributed by atoms with Gasteiger partial charge in [0.2, 0.25) is 0 Å². The fourth-order valence-corrected chi connectivity index (χ4v) is 4.21. The largest absolute Gasteiger partial charge is 0.494 e. The van der Waals surface area contributed by atoms with Crippen molar-refractivity contribution in [3.05, 3.63) is 111 Å². The summed E-state index contributed by atoms with van der Waals surface area (Å²) in [5, 5.41) is 0. The number of hydrogen-bond donors (Lipinski definition) is 1. The van der Waals surface area contributed by atoms with Crippen molar-refractivity contribution in [2.45, 2.75) is 25.7 Å². The zero-order valence-corrected chi connectivity index (χ0v) is 20.9. The molecule has 0 saturated carbocycles. The molecule has 1 aromatic heterocycles. The number of benzene rings is 3. The second-order valence-corrected chi connectivity index (χ2v) is 8.66. The second kappa shape index (κ2) is 11.2. The van der Waals surface area contributed by atoms with Crippen LogP contribution in [-0.4, -0.2) is 23.3 Å². The molecule has 11 heteroatoms. The van der Waals surface area contributed by atoms with Crippen molar-refractivity contribution in [3.63, 3.8) is 0 Å². The summed E-state index contributed by atoms with van der Waals surface area (Å²) in [6.07, 6.45) is -4.86. The molecule has 0 fully saturated rings. The van der Waals surface area contributed by atoms with Gasteiger partial charge < -0.3 is 15.2 Å². The van der Waals surface area contributed by atoms with Gasteiger partial charge in [-0.1, -0.05) is 48.5 Å². The van der Waals surface area contributed by atoms with Gasteiger partial charge in [0.25, 0.3) is 11.6 Å². The molecule has 2 N–H and O–H groups in total. The van der Waals surface area contributed by atoms with Gasteiger partial charge in [0, 0.05) is 16.8 Å². The van der Waals surface area contributed by atoms with Gasteiger partial charge in [-0.3, -0.25) is 9.36 Å². The van der Waals surface area contributed by atoms with Gasteiger partial charge in [-0.25, -0.2) is 8.78 Å². The van der Waals surface area contributed by atoms with Crippen molar-refractivity contribution < 1.29 is 31.4 Å². The highest BCUT2D eigenvalue weighted by molar-refractivity contribution is 5.67. The van der Waals surface area contributed by atoms with E-state index in [1.54, 1.807) is 30.3 Å². The number of rotatable bonds is 8. The van der Waals surface area contributed by atoms with Crippen LogP contribution in [0.2, 0.25) is 0 Å². The van der Waals surface area contributed by atoms with Crippen LogP contribution in [0.3, 0.4) is 0 Å². The molecule has 204 valence electrons. The molecule has 0 aliphatic rings. The van der Waals surface area contributed by atoms with Crippen LogP contribution in [0.25, 0.3) is 11.1 Å². The van der Waals surface area contributed by atoms with Gasteiger partial charge in [0.1, 0.15) is 12.4 Å².